The van der Waals surface area contributed by atoms with Gasteiger partial charge in [0.2, 0.25) is 0 Å². The van der Waals surface area contributed by atoms with Crippen LogP contribution in [0, 0.1) is 0 Å². The molecule has 0 aromatic carbocycles. The fraction of sp³-hybridized carbons (Fsp3) is 0.647. The zero-order valence-electron chi connectivity index (χ0n) is 11.8. The molecule has 0 aromatic rings. The molecule has 0 saturated carbocycles. The van der Waals surface area contributed by atoms with Gasteiger partial charge in [-0.2, -0.15) is 0 Å². The fourth-order valence-corrected chi connectivity index (χ4v) is 1.69. The van der Waals surface area contributed by atoms with Crippen LogP contribution in [0.1, 0.15) is 74.1 Å². The molecule has 0 aliphatic heterocycles. The van der Waals surface area contributed by atoms with Crippen molar-refractivity contribution in [3.05, 3.63) is 34.9 Å². The molecule has 17 heavy (non-hydrogen) atoms. The van der Waals surface area contributed by atoms with Gasteiger partial charge >= 0.3 is 0 Å². The summed E-state index contributed by atoms with van der Waals surface area (Å²) in [5.41, 5.74) is 4.48. The minimum Gasteiger partial charge on any atom is -0.0859 e. The van der Waals surface area contributed by atoms with Crippen LogP contribution >= 0.6 is 0 Å². The molecule has 0 heteroatoms. The second-order valence-electron chi connectivity index (χ2n) is 4.87. The van der Waals surface area contributed by atoms with Crippen molar-refractivity contribution in [2.45, 2.75) is 74.1 Å². The lowest BCUT2D eigenvalue weighted by molar-refractivity contribution is 0.913. The van der Waals surface area contributed by atoms with Crippen molar-refractivity contribution < 1.29 is 0 Å². The summed E-state index contributed by atoms with van der Waals surface area (Å²) in [7, 11) is 0. The Kier molecular flexibility index (Phi) is 12.8. The Bertz CT molecular complexity index is 260. The van der Waals surface area contributed by atoms with E-state index in [1.807, 2.05) is 0 Å². The van der Waals surface area contributed by atoms with Crippen LogP contribution in [0.15, 0.2) is 34.9 Å². The Labute approximate surface area is 110 Å². The van der Waals surface area contributed by atoms with E-state index in [-0.39, 0.29) is 7.43 Å². The molecule has 0 rings (SSSR count). The molecule has 0 heterocycles. The Morgan fingerprint density at radius 1 is 0.765 bits per heavy atom. The maximum Gasteiger partial charge on any atom is -0.0288 e. The van der Waals surface area contributed by atoms with E-state index in [1.54, 1.807) is 0 Å². The smallest absolute Gasteiger partial charge is 0.0288 e. The summed E-state index contributed by atoms with van der Waals surface area (Å²) in [5.74, 6) is 0. The normalized spacial score (nSPS) is 12.1. The van der Waals surface area contributed by atoms with E-state index in [1.165, 1.54) is 42.4 Å². The van der Waals surface area contributed by atoms with E-state index in [0.29, 0.717) is 0 Å². The topological polar surface area (TPSA) is 0 Å². The summed E-state index contributed by atoms with van der Waals surface area (Å²) in [6, 6.07) is 0. The molecule has 100 valence electrons. The van der Waals surface area contributed by atoms with E-state index in [0.717, 1.165) is 6.42 Å². The molecule has 0 spiro atoms. The van der Waals surface area contributed by atoms with Gasteiger partial charge in [-0.05, 0) is 59.8 Å². The third-order valence-electron chi connectivity index (χ3n) is 2.68. The highest BCUT2D eigenvalue weighted by atomic mass is 14.0. The molecule has 0 amide bonds. The van der Waals surface area contributed by atoms with Crippen molar-refractivity contribution in [2.75, 3.05) is 0 Å². The van der Waals surface area contributed by atoms with E-state index in [2.05, 4.69) is 52.8 Å². The predicted octanol–water partition coefficient (Wildman–Crippen LogP) is 6.45. The van der Waals surface area contributed by atoms with E-state index in [9.17, 15) is 0 Å². The summed E-state index contributed by atoms with van der Waals surface area (Å²) in [6.07, 6.45) is 13.0. The summed E-state index contributed by atoms with van der Waals surface area (Å²) >= 11 is 0. The highest BCUT2D eigenvalue weighted by molar-refractivity contribution is 5.05. The molecule has 0 unspecified atom stereocenters. The molecule has 0 radical (unpaired) electrons. The Balaban J connectivity index is 0. The van der Waals surface area contributed by atoms with Crippen molar-refractivity contribution in [3.63, 3.8) is 0 Å². The van der Waals surface area contributed by atoms with Gasteiger partial charge in [0.25, 0.3) is 0 Å². The van der Waals surface area contributed by atoms with Crippen LogP contribution < -0.4 is 0 Å². The highest BCUT2D eigenvalue weighted by Crippen LogP contribution is 2.11. The van der Waals surface area contributed by atoms with Gasteiger partial charge in [0.1, 0.15) is 0 Å². The van der Waals surface area contributed by atoms with E-state index < -0.39 is 0 Å². The maximum absolute atomic E-state index is 2.39. The van der Waals surface area contributed by atoms with Crippen LogP contribution in [0.3, 0.4) is 0 Å². The first-order valence-corrected chi connectivity index (χ1v) is 6.50. The summed E-state index contributed by atoms with van der Waals surface area (Å²) in [6.45, 7) is 11.0. The molecule has 0 N–H and O–H groups in total. The largest absolute Gasteiger partial charge is 0.0859 e. The van der Waals surface area contributed by atoms with Gasteiger partial charge in [-0.3, -0.25) is 0 Å². The fourth-order valence-electron chi connectivity index (χ4n) is 1.69. The third kappa shape index (κ3) is 13.2. The second kappa shape index (κ2) is 11.7. The van der Waals surface area contributed by atoms with Gasteiger partial charge < -0.3 is 0 Å². The monoisotopic (exact) mass is 236 g/mol. The zero-order valence-corrected chi connectivity index (χ0v) is 11.8. The molecule has 0 saturated heterocycles. The van der Waals surface area contributed by atoms with Crippen molar-refractivity contribution in [1.29, 1.82) is 0 Å². The predicted molar refractivity (Wildman–Crippen MR) is 82.4 cm³/mol. The van der Waals surface area contributed by atoms with Crippen LogP contribution in [0.4, 0.5) is 0 Å². The van der Waals surface area contributed by atoms with Crippen LogP contribution in [-0.4, -0.2) is 0 Å². The van der Waals surface area contributed by atoms with Gasteiger partial charge in [0, 0.05) is 0 Å². The Hall–Kier alpha value is -0.780. The number of rotatable bonds is 7. The molecular formula is C17H32. The van der Waals surface area contributed by atoms with Crippen LogP contribution in [0.25, 0.3) is 0 Å². The first kappa shape index (κ1) is 18.6. The SMILES string of the molecule is C.CC/C=C(\C)CC/C=C(\C)CCC=C(C)C. The standard InChI is InChI=1S/C16H28.CH4/c1-6-9-15(4)12-8-13-16(5)11-7-10-14(2)3;/h9-10,13H,6-8,11-12H2,1-5H3;1H4/b15-9+,16-13+;. The van der Waals surface area contributed by atoms with Crippen molar-refractivity contribution in [1.82, 2.24) is 0 Å². The van der Waals surface area contributed by atoms with Crippen LogP contribution in [0.2, 0.25) is 0 Å². The number of allylic oxidation sites excluding steroid dienone is 6. The lowest BCUT2D eigenvalue weighted by Gasteiger charge is -2.00. The maximum atomic E-state index is 2.39. The highest BCUT2D eigenvalue weighted by Gasteiger charge is 1.91. The zero-order chi connectivity index (χ0) is 12.4. The molecule has 0 fully saturated rings. The Morgan fingerprint density at radius 2 is 1.24 bits per heavy atom. The molecule has 0 bridgehead atoms. The van der Waals surface area contributed by atoms with Gasteiger partial charge in [-0.25, -0.2) is 0 Å². The van der Waals surface area contributed by atoms with Crippen molar-refractivity contribution in [3.8, 4) is 0 Å². The van der Waals surface area contributed by atoms with Crippen molar-refractivity contribution >= 4 is 0 Å². The molecule has 0 atom stereocenters. The van der Waals surface area contributed by atoms with Crippen molar-refractivity contribution in [2.24, 2.45) is 0 Å². The van der Waals surface area contributed by atoms with Crippen LogP contribution in [-0.2, 0) is 0 Å². The van der Waals surface area contributed by atoms with Crippen LogP contribution in [0.5, 0.6) is 0 Å². The number of hydrogen-bond donors (Lipinski definition) is 0. The average molecular weight is 236 g/mol. The summed E-state index contributed by atoms with van der Waals surface area (Å²) in [5, 5.41) is 0. The minimum absolute atomic E-state index is 0. The lowest BCUT2D eigenvalue weighted by Crippen LogP contribution is -1.80. The first-order chi connectivity index (χ1) is 7.56. The molecule has 0 aromatic heterocycles. The Morgan fingerprint density at radius 3 is 1.71 bits per heavy atom. The summed E-state index contributed by atoms with van der Waals surface area (Å²) in [4.78, 5) is 0. The molecule has 0 nitrogen and oxygen atoms in total. The minimum atomic E-state index is 0. The molecular weight excluding hydrogens is 204 g/mol. The van der Waals surface area contributed by atoms with Gasteiger partial charge in [-0.15, -0.1) is 0 Å². The number of hydrogen-bond acceptors (Lipinski definition) is 0. The van der Waals surface area contributed by atoms with Gasteiger partial charge in [0.15, 0.2) is 0 Å². The van der Waals surface area contributed by atoms with Gasteiger partial charge in [0.05, 0.1) is 0 Å². The first-order valence-electron chi connectivity index (χ1n) is 6.50. The van der Waals surface area contributed by atoms with E-state index >= 15 is 0 Å². The third-order valence-corrected chi connectivity index (χ3v) is 2.68. The second-order valence-corrected chi connectivity index (χ2v) is 4.87. The summed E-state index contributed by atoms with van der Waals surface area (Å²) < 4.78 is 0. The average Bonchev–Trinajstić information content (AvgIpc) is 2.17. The van der Waals surface area contributed by atoms with Gasteiger partial charge in [-0.1, -0.05) is 49.3 Å². The molecule has 0 aliphatic carbocycles. The molecule has 0 aliphatic rings. The quantitative estimate of drug-likeness (QED) is 0.445. The lowest BCUT2D eigenvalue weighted by atomic mass is 10.1. The van der Waals surface area contributed by atoms with E-state index in [4.69, 9.17) is 0 Å².